The molecular weight excluding hydrogens is 218 g/mol. The number of rotatable bonds is 7. The van der Waals surface area contributed by atoms with Gasteiger partial charge in [-0.1, -0.05) is 6.92 Å². The van der Waals surface area contributed by atoms with Crippen LogP contribution < -0.4 is 16.6 Å². The molecule has 1 aromatic heterocycles. The van der Waals surface area contributed by atoms with Crippen LogP contribution in [0.2, 0.25) is 0 Å². The molecule has 0 fully saturated rings. The SMILES string of the molecule is CCc1c(NN)ncnc1NCCCC(C)O. The number of hydrazine groups is 1. The summed E-state index contributed by atoms with van der Waals surface area (Å²) in [5.74, 6) is 6.85. The second-order valence-electron chi connectivity index (χ2n) is 3.97. The van der Waals surface area contributed by atoms with Crippen molar-refractivity contribution in [1.82, 2.24) is 9.97 Å². The van der Waals surface area contributed by atoms with Crippen molar-refractivity contribution >= 4 is 11.6 Å². The van der Waals surface area contributed by atoms with E-state index in [-0.39, 0.29) is 6.10 Å². The lowest BCUT2D eigenvalue weighted by molar-refractivity contribution is 0.183. The molecule has 1 unspecified atom stereocenters. The van der Waals surface area contributed by atoms with Gasteiger partial charge >= 0.3 is 0 Å². The highest BCUT2D eigenvalue weighted by Gasteiger charge is 2.08. The first-order chi connectivity index (χ1) is 8.19. The number of nitrogen functional groups attached to an aromatic ring is 1. The molecule has 0 aromatic carbocycles. The maximum Gasteiger partial charge on any atom is 0.148 e. The molecule has 1 heterocycles. The van der Waals surface area contributed by atoms with E-state index in [4.69, 9.17) is 10.9 Å². The molecule has 1 rings (SSSR count). The van der Waals surface area contributed by atoms with Gasteiger partial charge in [0.05, 0.1) is 6.10 Å². The Morgan fingerprint density at radius 2 is 2.12 bits per heavy atom. The summed E-state index contributed by atoms with van der Waals surface area (Å²) in [6, 6.07) is 0. The molecule has 5 N–H and O–H groups in total. The third-order valence-corrected chi connectivity index (χ3v) is 2.53. The Kier molecular flexibility index (Phi) is 5.65. The zero-order valence-electron chi connectivity index (χ0n) is 10.4. The summed E-state index contributed by atoms with van der Waals surface area (Å²) in [6.45, 7) is 4.60. The molecule has 6 nitrogen and oxygen atoms in total. The lowest BCUT2D eigenvalue weighted by Crippen LogP contribution is -2.14. The van der Waals surface area contributed by atoms with Crippen LogP contribution in [0.25, 0.3) is 0 Å². The fourth-order valence-corrected chi connectivity index (χ4v) is 1.63. The first-order valence-electron chi connectivity index (χ1n) is 5.91. The van der Waals surface area contributed by atoms with Crippen molar-refractivity contribution in [2.24, 2.45) is 5.84 Å². The van der Waals surface area contributed by atoms with Gasteiger partial charge in [0.25, 0.3) is 0 Å². The number of aliphatic hydroxyl groups is 1. The third-order valence-electron chi connectivity index (χ3n) is 2.53. The topological polar surface area (TPSA) is 96.1 Å². The zero-order chi connectivity index (χ0) is 12.7. The molecule has 1 aromatic rings. The molecule has 0 saturated carbocycles. The van der Waals surface area contributed by atoms with E-state index in [0.29, 0.717) is 5.82 Å². The number of aromatic nitrogens is 2. The minimum atomic E-state index is -0.255. The highest BCUT2D eigenvalue weighted by atomic mass is 16.3. The molecule has 0 aliphatic carbocycles. The first-order valence-corrected chi connectivity index (χ1v) is 5.91. The fraction of sp³-hybridized carbons (Fsp3) is 0.636. The summed E-state index contributed by atoms with van der Waals surface area (Å²) in [7, 11) is 0. The van der Waals surface area contributed by atoms with Gasteiger partial charge in [-0.15, -0.1) is 0 Å². The molecule has 0 amide bonds. The number of anilines is 2. The van der Waals surface area contributed by atoms with Crippen LogP contribution in [-0.4, -0.2) is 27.7 Å². The average Bonchev–Trinajstić information content (AvgIpc) is 2.33. The summed E-state index contributed by atoms with van der Waals surface area (Å²) in [6.07, 6.45) is 3.71. The highest BCUT2D eigenvalue weighted by molar-refractivity contribution is 5.56. The van der Waals surface area contributed by atoms with Gasteiger partial charge in [-0.05, 0) is 26.2 Å². The van der Waals surface area contributed by atoms with Crippen molar-refractivity contribution in [2.45, 2.75) is 39.2 Å². The van der Waals surface area contributed by atoms with E-state index in [2.05, 4.69) is 20.7 Å². The van der Waals surface area contributed by atoms with Gasteiger partial charge in [0.1, 0.15) is 18.0 Å². The molecule has 6 heteroatoms. The van der Waals surface area contributed by atoms with Gasteiger partial charge in [-0.25, -0.2) is 15.8 Å². The van der Waals surface area contributed by atoms with E-state index in [0.717, 1.165) is 37.2 Å². The normalized spacial score (nSPS) is 12.2. The smallest absolute Gasteiger partial charge is 0.148 e. The van der Waals surface area contributed by atoms with Crippen LogP contribution in [0.1, 0.15) is 32.3 Å². The summed E-state index contributed by atoms with van der Waals surface area (Å²) < 4.78 is 0. The van der Waals surface area contributed by atoms with Crippen LogP contribution in [0.3, 0.4) is 0 Å². The van der Waals surface area contributed by atoms with Crippen LogP contribution in [0.5, 0.6) is 0 Å². The maximum atomic E-state index is 9.15. The van der Waals surface area contributed by atoms with Gasteiger partial charge in [0.2, 0.25) is 0 Å². The quantitative estimate of drug-likeness (QED) is 0.321. The Balaban J connectivity index is 2.58. The molecule has 0 aliphatic heterocycles. The summed E-state index contributed by atoms with van der Waals surface area (Å²) in [4.78, 5) is 8.25. The Bertz CT molecular complexity index is 343. The minimum Gasteiger partial charge on any atom is -0.393 e. The second kappa shape index (κ2) is 7.03. The molecule has 0 spiro atoms. The molecule has 0 radical (unpaired) electrons. The van der Waals surface area contributed by atoms with Crippen molar-refractivity contribution in [2.75, 3.05) is 17.3 Å². The summed E-state index contributed by atoms with van der Waals surface area (Å²) >= 11 is 0. The van der Waals surface area contributed by atoms with Gasteiger partial charge in [-0.3, -0.25) is 0 Å². The van der Waals surface area contributed by atoms with E-state index in [1.54, 1.807) is 6.92 Å². The third kappa shape index (κ3) is 4.16. The fourth-order valence-electron chi connectivity index (χ4n) is 1.63. The van der Waals surface area contributed by atoms with E-state index in [1.165, 1.54) is 6.33 Å². The minimum absolute atomic E-state index is 0.255. The molecule has 0 aliphatic rings. The Labute approximate surface area is 102 Å². The summed E-state index contributed by atoms with van der Waals surface area (Å²) in [5, 5.41) is 12.4. The number of nitrogens with zero attached hydrogens (tertiary/aromatic N) is 2. The van der Waals surface area contributed by atoms with Crippen molar-refractivity contribution in [1.29, 1.82) is 0 Å². The predicted molar refractivity (Wildman–Crippen MR) is 68.6 cm³/mol. The number of aliphatic hydroxyl groups excluding tert-OH is 1. The molecule has 1 atom stereocenters. The van der Waals surface area contributed by atoms with E-state index < -0.39 is 0 Å². The van der Waals surface area contributed by atoms with E-state index >= 15 is 0 Å². The molecule has 0 bridgehead atoms. The van der Waals surface area contributed by atoms with Crippen LogP contribution >= 0.6 is 0 Å². The molecular formula is C11H21N5O. The monoisotopic (exact) mass is 239 g/mol. The number of nitrogens with two attached hydrogens (primary N) is 1. The molecule has 17 heavy (non-hydrogen) atoms. The van der Waals surface area contributed by atoms with Crippen molar-refractivity contribution < 1.29 is 5.11 Å². The van der Waals surface area contributed by atoms with Gasteiger partial charge in [-0.2, -0.15) is 0 Å². The molecule has 96 valence electrons. The standard InChI is InChI=1S/C11H21N5O/c1-3-9-10(13-6-4-5-8(2)17)14-7-15-11(9)16-12/h7-8,17H,3-6,12H2,1-2H3,(H2,13,14,15,16). The summed E-state index contributed by atoms with van der Waals surface area (Å²) in [5.41, 5.74) is 3.54. The van der Waals surface area contributed by atoms with Gasteiger partial charge in [0.15, 0.2) is 0 Å². The van der Waals surface area contributed by atoms with Gasteiger partial charge in [0, 0.05) is 12.1 Å². The molecule has 0 saturated heterocycles. The maximum absolute atomic E-state index is 9.15. The van der Waals surface area contributed by atoms with Crippen LogP contribution in [0, 0.1) is 0 Å². The number of nitrogens with one attached hydrogen (secondary N) is 2. The van der Waals surface area contributed by atoms with Crippen molar-refractivity contribution in [3.8, 4) is 0 Å². The lowest BCUT2D eigenvalue weighted by Gasteiger charge is -2.12. The number of hydrogen-bond acceptors (Lipinski definition) is 6. The van der Waals surface area contributed by atoms with Crippen molar-refractivity contribution in [3.05, 3.63) is 11.9 Å². The Morgan fingerprint density at radius 3 is 2.71 bits per heavy atom. The second-order valence-corrected chi connectivity index (χ2v) is 3.97. The largest absolute Gasteiger partial charge is 0.393 e. The lowest BCUT2D eigenvalue weighted by atomic mass is 10.2. The first kappa shape index (κ1) is 13.7. The number of hydrogen-bond donors (Lipinski definition) is 4. The van der Waals surface area contributed by atoms with Gasteiger partial charge < -0.3 is 15.8 Å². The van der Waals surface area contributed by atoms with Crippen molar-refractivity contribution in [3.63, 3.8) is 0 Å². The average molecular weight is 239 g/mol. The van der Waals surface area contributed by atoms with Crippen LogP contribution in [0.4, 0.5) is 11.6 Å². The highest BCUT2D eigenvalue weighted by Crippen LogP contribution is 2.19. The zero-order valence-corrected chi connectivity index (χ0v) is 10.4. The van der Waals surface area contributed by atoms with E-state index in [1.807, 2.05) is 6.92 Å². The van der Waals surface area contributed by atoms with Crippen LogP contribution in [0.15, 0.2) is 6.33 Å². The predicted octanol–water partition coefficient (Wildman–Crippen LogP) is 0.897. The Hall–Kier alpha value is -1.40. The van der Waals surface area contributed by atoms with E-state index in [9.17, 15) is 0 Å². The van der Waals surface area contributed by atoms with Crippen LogP contribution in [-0.2, 0) is 6.42 Å². The Morgan fingerprint density at radius 1 is 1.41 bits per heavy atom.